The van der Waals surface area contributed by atoms with Crippen LogP contribution in [0.4, 0.5) is 0 Å². The van der Waals surface area contributed by atoms with E-state index >= 15 is 0 Å². The molecule has 12 atom stereocenters. The molecule has 3 heterocycles. The Morgan fingerprint density at radius 2 is 1.21 bits per heavy atom. The lowest BCUT2D eigenvalue weighted by Gasteiger charge is -2.53. The van der Waals surface area contributed by atoms with Gasteiger partial charge in [-0.25, -0.2) is 0 Å². The Balaban J connectivity index is 1.31. The number of ether oxygens (including phenoxy) is 8. The number of carbonyl (C=O) groups is 1. The van der Waals surface area contributed by atoms with Crippen molar-refractivity contribution in [2.24, 2.45) is 11.8 Å². The van der Waals surface area contributed by atoms with Crippen LogP contribution in [0.5, 0.6) is 0 Å². The van der Waals surface area contributed by atoms with Crippen LogP contribution in [0.3, 0.4) is 0 Å². The van der Waals surface area contributed by atoms with Gasteiger partial charge in [-0.3, -0.25) is 8.98 Å². The molecule has 1 amide bonds. The van der Waals surface area contributed by atoms with E-state index in [0.717, 1.165) is 28.5 Å². The van der Waals surface area contributed by atoms with Crippen molar-refractivity contribution in [3.63, 3.8) is 0 Å². The summed E-state index contributed by atoms with van der Waals surface area (Å²) in [6, 6.07) is 39.0. The molecule has 1 N–H and O–H groups in total. The number of benzene rings is 4. The van der Waals surface area contributed by atoms with Crippen LogP contribution in [0.15, 0.2) is 121 Å². The number of fused-ring (bicyclic) bond motifs is 1. The Kier molecular flexibility index (Phi) is 19.7. The Hall–Kier alpha value is -3.88. The van der Waals surface area contributed by atoms with Gasteiger partial charge in [0.05, 0.1) is 76.4 Å². The SMILES string of the molecule is CC(=O)N[C@H]1[C@@H](OCc2ccccc2)O[C@@H]2COC(C)(C)O[C@H]2[C@@H]1C[C@@H](O[Si](C)(C)C(C)(C)C)[C@H](COS(C)(=O)=O)C[C@@H]1O[C@@H](C)[C@@H](OCc2ccccc2)[C@@H](OCc2ccccc2)[C@@H]1OCc1ccccc1. The minimum atomic E-state index is -3.96. The summed E-state index contributed by atoms with van der Waals surface area (Å²) in [5.74, 6) is -2.38. The standard InChI is InChI=1S/C57H79NO13SSi/c1-39-51(62-33-41-23-15-11-16-24-41)54(64-35-43-27-19-13-20-28-43)53(63-34-42-25-17-12-18-26-42)48(68-39)31-45(37-67-72(8,60)61)47(71-73(9,10)56(3,4)5)32-46-50(58-40(2)59)55(65-36-44-29-21-14-22-30-44)69-49-38-66-57(6,7)70-52(46)49/h11-30,39,45-55H,31-38H2,1-10H3,(H,58,59)/t39-,45-,46+,47+,48-,49+,50+,51+,52-,53+,54+,55-/m0/s1. The highest BCUT2D eigenvalue weighted by Gasteiger charge is 2.55. The molecule has 0 aromatic heterocycles. The van der Waals surface area contributed by atoms with Crippen LogP contribution >= 0.6 is 0 Å². The highest BCUT2D eigenvalue weighted by molar-refractivity contribution is 7.85. The zero-order valence-electron chi connectivity index (χ0n) is 44.3. The predicted molar refractivity (Wildman–Crippen MR) is 281 cm³/mol. The number of hydrogen-bond acceptors (Lipinski definition) is 13. The maximum absolute atomic E-state index is 13.3. The topological polar surface area (TPSA) is 156 Å². The molecule has 73 heavy (non-hydrogen) atoms. The molecule has 3 saturated heterocycles. The Morgan fingerprint density at radius 3 is 1.68 bits per heavy atom. The molecule has 14 nitrogen and oxygen atoms in total. The summed E-state index contributed by atoms with van der Waals surface area (Å²) in [6.45, 7) is 19.1. The first-order chi connectivity index (χ1) is 34.6. The van der Waals surface area contributed by atoms with Gasteiger partial charge in [-0.15, -0.1) is 0 Å². The monoisotopic (exact) mass is 1050 g/mol. The second-order valence-corrected chi connectivity index (χ2v) is 28.2. The van der Waals surface area contributed by atoms with Crippen molar-refractivity contribution < 1.29 is 59.7 Å². The number of nitrogens with one attached hydrogen (secondary N) is 1. The Morgan fingerprint density at radius 1 is 0.726 bits per heavy atom. The molecule has 3 fully saturated rings. The summed E-state index contributed by atoms with van der Waals surface area (Å²) in [5, 5.41) is 2.94. The number of rotatable bonds is 23. The predicted octanol–water partition coefficient (Wildman–Crippen LogP) is 9.51. The molecule has 3 aliphatic rings. The minimum Gasteiger partial charge on any atom is -0.414 e. The first-order valence-electron chi connectivity index (χ1n) is 25.7. The fourth-order valence-electron chi connectivity index (χ4n) is 9.75. The average molecular weight is 1050 g/mol. The molecular weight excluding hydrogens is 967 g/mol. The first-order valence-corrected chi connectivity index (χ1v) is 30.4. The van der Waals surface area contributed by atoms with Gasteiger partial charge in [0.25, 0.3) is 10.1 Å². The summed E-state index contributed by atoms with van der Waals surface area (Å²) in [4.78, 5) is 13.3. The second-order valence-electron chi connectivity index (χ2n) is 21.8. The molecule has 7 rings (SSSR count). The number of hydrogen-bond donors (Lipinski definition) is 1. The van der Waals surface area contributed by atoms with Crippen LogP contribution in [0, 0.1) is 11.8 Å². The molecule has 400 valence electrons. The molecule has 0 unspecified atom stereocenters. The molecule has 0 aliphatic carbocycles. The van der Waals surface area contributed by atoms with E-state index in [1.807, 2.05) is 142 Å². The van der Waals surface area contributed by atoms with Crippen molar-refractivity contribution in [2.75, 3.05) is 19.5 Å². The highest BCUT2D eigenvalue weighted by atomic mass is 32.2. The first kappa shape index (κ1) is 56.8. The van der Waals surface area contributed by atoms with Gasteiger partial charge in [-0.05, 0) is 74.0 Å². The fourth-order valence-corrected chi connectivity index (χ4v) is 11.6. The van der Waals surface area contributed by atoms with E-state index in [-0.39, 0.29) is 56.8 Å². The van der Waals surface area contributed by atoms with Crippen molar-refractivity contribution in [2.45, 2.75) is 173 Å². The third-order valence-corrected chi connectivity index (χ3v) is 19.6. The van der Waals surface area contributed by atoms with E-state index in [1.165, 1.54) is 6.92 Å². The van der Waals surface area contributed by atoms with E-state index in [9.17, 15) is 13.2 Å². The van der Waals surface area contributed by atoms with E-state index in [4.69, 9.17) is 46.5 Å². The van der Waals surface area contributed by atoms with Gasteiger partial charge in [0.2, 0.25) is 5.91 Å². The van der Waals surface area contributed by atoms with Gasteiger partial charge in [-0.2, -0.15) is 8.42 Å². The maximum Gasteiger partial charge on any atom is 0.264 e. The zero-order valence-corrected chi connectivity index (χ0v) is 46.2. The van der Waals surface area contributed by atoms with Crippen molar-refractivity contribution in [3.8, 4) is 0 Å². The summed E-state index contributed by atoms with van der Waals surface area (Å²) < 4.78 is 94.0. The minimum absolute atomic E-state index is 0.215. The van der Waals surface area contributed by atoms with Gasteiger partial charge in [0, 0.05) is 18.8 Å². The zero-order chi connectivity index (χ0) is 52.4. The molecule has 0 saturated carbocycles. The van der Waals surface area contributed by atoms with Crippen molar-refractivity contribution >= 4 is 24.3 Å². The average Bonchev–Trinajstić information content (AvgIpc) is 3.34. The quantitative estimate of drug-likeness (QED) is 0.0555. The largest absolute Gasteiger partial charge is 0.414 e. The second kappa shape index (κ2) is 25.3. The molecule has 4 aromatic carbocycles. The summed E-state index contributed by atoms with van der Waals surface area (Å²) in [6.07, 6.45) is -4.27. The van der Waals surface area contributed by atoms with E-state index in [1.54, 1.807) is 0 Å². The van der Waals surface area contributed by atoms with Gasteiger partial charge in [-0.1, -0.05) is 142 Å². The van der Waals surface area contributed by atoms with Crippen LogP contribution in [0.2, 0.25) is 18.1 Å². The molecule has 0 radical (unpaired) electrons. The van der Waals surface area contributed by atoms with Crippen molar-refractivity contribution in [1.82, 2.24) is 5.32 Å². The summed E-state index contributed by atoms with van der Waals surface area (Å²) in [7, 11) is -6.67. The van der Waals surface area contributed by atoms with E-state index in [0.29, 0.717) is 6.61 Å². The van der Waals surface area contributed by atoms with Gasteiger partial charge < -0.3 is 47.6 Å². The van der Waals surface area contributed by atoms with Crippen LogP contribution in [-0.4, -0.2) is 109 Å². The number of carbonyl (C=O) groups excluding carboxylic acids is 1. The molecule has 16 heteroatoms. The fraction of sp³-hybridized carbons (Fsp3) is 0.561. The molecule has 0 bridgehead atoms. The lowest BCUT2D eigenvalue weighted by atomic mass is 9.78. The smallest absolute Gasteiger partial charge is 0.264 e. The van der Waals surface area contributed by atoms with Crippen LogP contribution < -0.4 is 5.32 Å². The van der Waals surface area contributed by atoms with Gasteiger partial charge in [0.1, 0.15) is 24.4 Å². The van der Waals surface area contributed by atoms with Gasteiger partial charge >= 0.3 is 0 Å². The summed E-state index contributed by atoms with van der Waals surface area (Å²) in [5.41, 5.74) is 3.88. The molecule has 3 aliphatic heterocycles. The van der Waals surface area contributed by atoms with E-state index in [2.05, 4.69) is 39.2 Å². The van der Waals surface area contributed by atoms with Crippen molar-refractivity contribution in [3.05, 3.63) is 144 Å². The molecule has 4 aromatic rings. The van der Waals surface area contributed by atoms with Crippen LogP contribution in [0.25, 0.3) is 0 Å². The van der Waals surface area contributed by atoms with Gasteiger partial charge in [0.15, 0.2) is 20.4 Å². The molecule has 0 spiro atoms. The highest BCUT2D eigenvalue weighted by Crippen LogP contribution is 2.45. The maximum atomic E-state index is 13.3. The van der Waals surface area contributed by atoms with Crippen LogP contribution in [-0.2, 0) is 87.8 Å². The normalized spacial score (nSPS) is 27.4. The molecular formula is C57H79NO13SSi. The lowest BCUT2D eigenvalue weighted by Crippen LogP contribution is -2.66. The number of amides is 1. The Bertz CT molecular complexity index is 2410. The third kappa shape index (κ3) is 16.3. The van der Waals surface area contributed by atoms with E-state index < -0.39 is 97.2 Å². The van der Waals surface area contributed by atoms with Crippen LogP contribution in [0.1, 0.15) is 83.6 Å². The lowest BCUT2D eigenvalue weighted by molar-refractivity contribution is -0.365. The Labute approximate surface area is 435 Å². The van der Waals surface area contributed by atoms with Crippen molar-refractivity contribution in [1.29, 1.82) is 0 Å². The third-order valence-electron chi connectivity index (χ3n) is 14.5. The summed E-state index contributed by atoms with van der Waals surface area (Å²) >= 11 is 0.